The Morgan fingerprint density at radius 3 is 2.68 bits per heavy atom. The van der Waals surface area contributed by atoms with Crippen molar-refractivity contribution < 1.29 is 4.79 Å². The van der Waals surface area contributed by atoms with E-state index in [1.165, 1.54) is 44.9 Å². The molecule has 1 aromatic heterocycles. The normalized spacial score (nSPS) is 44.3. The molecule has 0 aliphatic heterocycles. The molecule has 5 rings (SSSR count). The van der Waals surface area contributed by atoms with Crippen LogP contribution in [0.15, 0.2) is 11.6 Å². The second kappa shape index (κ2) is 6.31. The lowest BCUT2D eigenvalue weighted by Gasteiger charge is -2.59. The van der Waals surface area contributed by atoms with Crippen molar-refractivity contribution in [2.45, 2.75) is 78.6 Å². The van der Waals surface area contributed by atoms with E-state index in [9.17, 15) is 4.79 Å². The summed E-state index contributed by atoms with van der Waals surface area (Å²) in [6.07, 6.45) is 14.0. The highest BCUT2D eigenvalue weighted by atomic mass is 16.1. The largest absolute Gasteiger partial charge is 0.294 e. The third-order valence-corrected chi connectivity index (χ3v) is 9.58. The molecule has 4 fully saturated rings. The van der Waals surface area contributed by atoms with E-state index >= 15 is 0 Å². The number of carbonyl (C=O) groups is 1. The number of aryl methyl sites for hydroxylation is 2. The second-order valence-corrected chi connectivity index (χ2v) is 10.9. The van der Waals surface area contributed by atoms with Crippen LogP contribution in [0.1, 0.15) is 83.0 Å². The number of allylic oxidation sites excluding steroid dienone is 1. The summed E-state index contributed by atoms with van der Waals surface area (Å²) >= 11 is 0. The van der Waals surface area contributed by atoms with Gasteiger partial charge in [-0.25, -0.2) is 0 Å². The van der Waals surface area contributed by atoms with Gasteiger partial charge in [0.1, 0.15) is 0 Å². The third kappa shape index (κ3) is 2.53. The summed E-state index contributed by atoms with van der Waals surface area (Å²) in [5.74, 6) is 3.53. The van der Waals surface area contributed by atoms with Crippen LogP contribution in [0.2, 0.25) is 0 Å². The molecule has 0 spiro atoms. The molecule has 1 heterocycles. The van der Waals surface area contributed by atoms with E-state index < -0.39 is 0 Å². The van der Waals surface area contributed by atoms with Crippen LogP contribution in [0, 0.1) is 41.4 Å². The van der Waals surface area contributed by atoms with Crippen LogP contribution < -0.4 is 0 Å². The summed E-state index contributed by atoms with van der Waals surface area (Å²) in [5.41, 5.74) is 3.57. The molecule has 0 bridgehead atoms. The minimum atomic E-state index is -0.126. The fourth-order valence-electron chi connectivity index (χ4n) is 8.04. The van der Waals surface area contributed by atoms with Crippen molar-refractivity contribution in [2.75, 3.05) is 0 Å². The lowest BCUT2D eigenvalue weighted by atomic mass is 9.45. The van der Waals surface area contributed by atoms with Crippen molar-refractivity contribution in [1.29, 1.82) is 0 Å². The van der Waals surface area contributed by atoms with E-state index in [4.69, 9.17) is 0 Å². The smallest absolute Gasteiger partial charge is 0.165 e. The number of aromatic nitrogens is 2. The van der Waals surface area contributed by atoms with Crippen molar-refractivity contribution in [2.24, 2.45) is 41.5 Å². The van der Waals surface area contributed by atoms with Crippen LogP contribution in [0.5, 0.6) is 0 Å². The SMILES string of the molecule is Cc1cc(/C=C2\C[C@H]3[C@@H]4CC[C@@H]5CCCC[C@]5(C)[C@H]4CC[C@]3(C)C2=O)n(C)n1. The molecule has 152 valence electrons. The molecular formula is C25H36N2O. The fraction of sp³-hybridized carbons (Fsp3) is 0.760. The first-order valence-corrected chi connectivity index (χ1v) is 11.6. The number of carbonyl (C=O) groups excluding carboxylic acids is 1. The Labute approximate surface area is 170 Å². The summed E-state index contributed by atoms with van der Waals surface area (Å²) in [6.45, 7) is 6.93. The molecule has 0 N–H and O–H groups in total. The van der Waals surface area contributed by atoms with Gasteiger partial charge in [0.2, 0.25) is 0 Å². The Morgan fingerprint density at radius 2 is 1.93 bits per heavy atom. The maximum absolute atomic E-state index is 13.5. The molecule has 3 heteroatoms. The van der Waals surface area contributed by atoms with Gasteiger partial charge in [-0.05, 0) is 98.7 Å². The Morgan fingerprint density at radius 1 is 1.11 bits per heavy atom. The number of fused-ring (bicyclic) bond motifs is 5. The number of rotatable bonds is 1. The summed E-state index contributed by atoms with van der Waals surface area (Å²) < 4.78 is 1.91. The molecule has 0 amide bonds. The number of ketones is 1. The topological polar surface area (TPSA) is 34.9 Å². The average Bonchev–Trinajstić information content (AvgIpc) is 3.11. The first-order valence-electron chi connectivity index (χ1n) is 11.6. The summed E-state index contributed by atoms with van der Waals surface area (Å²) in [4.78, 5) is 13.5. The zero-order valence-electron chi connectivity index (χ0n) is 18.1. The van der Waals surface area contributed by atoms with Gasteiger partial charge in [-0.1, -0.05) is 26.7 Å². The van der Waals surface area contributed by atoms with Gasteiger partial charge in [0, 0.05) is 12.5 Å². The summed E-state index contributed by atoms with van der Waals surface area (Å²) in [6, 6.07) is 2.10. The molecule has 0 radical (unpaired) electrons. The van der Waals surface area contributed by atoms with Crippen LogP contribution in [0.25, 0.3) is 6.08 Å². The quantitative estimate of drug-likeness (QED) is 0.584. The van der Waals surface area contributed by atoms with Crippen molar-refractivity contribution in [3.05, 3.63) is 23.0 Å². The zero-order chi connectivity index (χ0) is 19.7. The number of nitrogens with zero attached hydrogens (tertiary/aromatic N) is 2. The second-order valence-electron chi connectivity index (χ2n) is 10.9. The fourth-order valence-corrected chi connectivity index (χ4v) is 8.04. The molecule has 3 nitrogen and oxygen atoms in total. The maximum Gasteiger partial charge on any atom is 0.165 e. The molecule has 0 unspecified atom stereocenters. The lowest BCUT2D eigenvalue weighted by molar-refractivity contribution is -0.137. The molecule has 0 aromatic carbocycles. The Bertz CT molecular complexity index is 836. The van der Waals surface area contributed by atoms with Gasteiger partial charge in [0.05, 0.1) is 11.4 Å². The van der Waals surface area contributed by atoms with Gasteiger partial charge >= 0.3 is 0 Å². The van der Waals surface area contributed by atoms with Crippen LogP contribution in [-0.2, 0) is 11.8 Å². The highest BCUT2D eigenvalue weighted by molar-refractivity contribution is 6.05. The van der Waals surface area contributed by atoms with E-state index in [1.54, 1.807) is 0 Å². The molecule has 28 heavy (non-hydrogen) atoms. The lowest BCUT2D eigenvalue weighted by Crippen LogP contribution is -2.52. The van der Waals surface area contributed by atoms with Gasteiger partial charge in [-0.2, -0.15) is 5.10 Å². The molecule has 4 aliphatic carbocycles. The molecule has 0 saturated heterocycles. The predicted octanol–water partition coefficient (Wildman–Crippen LogP) is 5.72. The van der Waals surface area contributed by atoms with Crippen LogP contribution in [0.4, 0.5) is 0 Å². The van der Waals surface area contributed by atoms with E-state index in [0.717, 1.165) is 47.6 Å². The predicted molar refractivity (Wildman–Crippen MR) is 113 cm³/mol. The monoisotopic (exact) mass is 380 g/mol. The van der Waals surface area contributed by atoms with Crippen LogP contribution >= 0.6 is 0 Å². The molecule has 6 atom stereocenters. The Balaban J connectivity index is 1.47. The van der Waals surface area contributed by atoms with Crippen molar-refractivity contribution in [3.63, 3.8) is 0 Å². The molecule has 1 aromatic rings. The number of hydrogen-bond acceptors (Lipinski definition) is 2. The van der Waals surface area contributed by atoms with Crippen molar-refractivity contribution in [3.8, 4) is 0 Å². The van der Waals surface area contributed by atoms with Gasteiger partial charge in [0.15, 0.2) is 5.78 Å². The zero-order valence-corrected chi connectivity index (χ0v) is 18.1. The van der Waals surface area contributed by atoms with Gasteiger partial charge in [-0.15, -0.1) is 0 Å². The van der Waals surface area contributed by atoms with Gasteiger partial charge in [-0.3, -0.25) is 9.48 Å². The first kappa shape index (κ1) is 18.6. The number of Topliss-reactive ketones (excluding diaryl/α,β-unsaturated/α-hetero) is 1. The number of hydrogen-bond donors (Lipinski definition) is 0. The minimum Gasteiger partial charge on any atom is -0.294 e. The average molecular weight is 381 g/mol. The molecular weight excluding hydrogens is 344 g/mol. The summed E-state index contributed by atoms with van der Waals surface area (Å²) in [7, 11) is 1.98. The highest BCUT2D eigenvalue weighted by Gasteiger charge is 2.60. The standard InChI is InChI=1S/C25H36N2O/c1-16-13-19(27(4)26-16)14-17-15-22-20-9-8-18-7-5-6-11-24(18,2)21(20)10-12-25(22,3)23(17)28/h13-14,18,20-22H,5-12,15H2,1-4H3/b17-14+/t18-,20+,21-,22-,24-,25-/m0/s1. The minimum absolute atomic E-state index is 0.126. The van der Waals surface area contributed by atoms with E-state index in [1.807, 2.05) is 18.7 Å². The maximum atomic E-state index is 13.5. The first-order chi connectivity index (χ1) is 13.3. The summed E-state index contributed by atoms with van der Waals surface area (Å²) in [5, 5.41) is 4.47. The van der Waals surface area contributed by atoms with Crippen molar-refractivity contribution in [1.82, 2.24) is 9.78 Å². The van der Waals surface area contributed by atoms with E-state index in [2.05, 4.69) is 31.1 Å². The van der Waals surface area contributed by atoms with E-state index in [-0.39, 0.29) is 5.41 Å². The third-order valence-electron chi connectivity index (χ3n) is 9.58. The molecule has 4 aliphatic rings. The van der Waals surface area contributed by atoms with Crippen molar-refractivity contribution >= 4 is 11.9 Å². The van der Waals surface area contributed by atoms with Gasteiger partial charge in [0.25, 0.3) is 0 Å². The van der Waals surface area contributed by atoms with Crippen LogP contribution in [-0.4, -0.2) is 15.6 Å². The molecule has 4 saturated carbocycles. The Kier molecular flexibility index (Phi) is 4.20. The van der Waals surface area contributed by atoms with Gasteiger partial charge < -0.3 is 0 Å². The van der Waals surface area contributed by atoms with Crippen LogP contribution in [0.3, 0.4) is 0 Å². The Hall–Kier alpha value is -1.38. The van der Waals surface area contributed by atoms with E-state index in [0.29, 0.717) is 17.1 Å². The highest BCUT2D eigenvalue weighted by Crippen LogP contribution is 2.66.